The third kappa shape index (κ3) is 6.63. The fraction of sp³-hybridized carbons (Fsp3) is 0.680. The molecule has 0 spiro atoms. The van der Waals surface area contributed by atoms with E-state index in [1.165, 1.54) is 12.1 Å². The van der Waals surface area contributed by atoms with Gasteiger partial charge in [-0.1, -0.05) is 6.07 Å². The number of carboxylic acid groups (broad SMARTS) is 1. The highest BCUT2D eigenvalue weighted by Gasteiger charge is 2.48. The van der Waals surface area contributed by atoms with Crippen LogP contribution in [0.2, 0.25) is 0 Å². The van der Waals surface area contributed by atoms with Crippen molar-refractivity contribution in [2.45, 2.75) is 62.8 Å². The highest BCUT2D eigenvalue weighted by molar-refractivity contribution is 5.86. The average molecular weight is 535 g/mol. The van der Waals surface area contributed by atoms with Crippen LogP contribution in [0.3, 0.4) is 0 Å². The predicted molar refractivity (Wildman–Crippen MR) is 128 cm³/mol. The first-order chi connectivity index (χ1) is 16.7. The van der Waals surface area contributed by atoms with E-state index in [1.54, 1.807) is 0 Å². The van der Waals surface area contributed by atoms with Gasteiger partial charge in [0.05, 0.1) is 11.5 Å². The molecule has 2 N–H and O–H groups in total. The number of hydrogen-bond acceptors (Lipinski definition) is 5. The number of hydrogen-bond donors (Lipinski definition) is 2. The summed E-state index contributed by atoms with van der Waals surface area (Å²) in [7, 11) is 0. The molecule has 4 rings (SSSR count). The van der Waals surface area contributed by atoms with E-state index < -0.39 is 23.2 Å². The molecule has 0 unspecified atom stereocenters. The maximum Gasteiger partial charge on any atom is 0.416 e. The van der Waals surface area contributed by atoms with Crippen LogP contribution in [-0.4, -0.2) is 66.4 Å². The summed E-state index contributed by atoms with van der Waals surface area (Å²) in [6.45, 7) is 2.51. The molecule has 1 atom stereocenters. The van der Waals surface area contributed by atoms with Crippen LogP contribution >= 0.6 is 12.4 Å². The second-order valence-corrected chi connectivity index (χ2v) is 9.91. The van der Waals surface area contributed by atoms with Crippen molar-refractivity contribution in [3.8, 4) is 5.75 Å². The van der Waals surface area contributed by atoms with Gasteiger partial charge in [0.2, 0.25) is 5.91 Å². The zero-order valence-electron chi connectivity index (χ0n) is 20.1. The molecule has 0 aromatic heterocycles. The van der Waals surface area contributed by atoms with Gasteiger partial charge in [0.15, 0.2) is 0 Å². The standard InChI is InChI=1S/C25H33F3N2O5.ClH/c26-25(27,28)19-2-1-3-20(14-19)35-21-8-11-30(16-21)24(9-12-34-13-10-24)23(33)29-15-17-4-6-18(7-5-17)22(31)32;/h1-3,14,17-18,21H,4-13,15-16H2,(H,29,33)(H,31,32);1H/t17?,18?,21-;/m1./s1. The van der Waals surface area contributed by atoms with Crippen LogP contribution in [-0.2, 0) is 20.5 Å². The number of rotatable bonds is 7. The number of amides is 1. The summed E-state index contributed by atoms with van der Waals surface area (Å²) in [5.41, 5.74) is -1.48. The number of alkyl halides is 3. The van der Waals surface area contributed by atoms with E-state index in [-0.39, 0.29) is 42.0 Å². The summed E-state index contributed by atoms with van der Waals surface area (Å²) < 4.78 is 50.5. The van der Waals surface area contributed by atoms with Gasteiger partial charge < -0.3 is 19.9 Å². The van der Waals surface area contributed by atoms with Gasteiger partial charge in [-0.2, -0.15) is 13.2 Å². The predicted octanol–water partition coefficient (Wildman–Crippen LogP) is 4.14. The maximum atomic E-state index is 13.5. The lowest BCUT2D eigenvalue weighted by atomic mass is 9.81. The minimum Gasteiger partial charge on any atom is -0.489 e. The van der Waals surface area contributed by atoms with Crippen molar-refractivity contribution >= 4 is 24.3 Å². The molecule has 1 aliphatic carbocycles. The molecule has 1 aromatic carbocycles. The van der Waals surface area contributed by atoms with E-state index in [1.807, 2.05) is 0 Å². The molecule has 0 radical (unpaired) electrons. The third-order valence-corrected chi connectivity index (χ3v) is 7.70. The van der Waals surface area contributed by atoms with Crippen LogP contribution < -0.4 is 10.1 Å². The molecule has 3 fully saturated rings. The van der Waals surface area contributed by atoms with Crippen LogP contribution in [0, 0.1) is 11.8 Å². The van der Waals surface area contributed by atoms with Gasteiger partial charge in [-0.05, 0) is 69.1 Å². The van der Waals surface area contributed by atoms with E-state index in [4.69, 9.17) is 9.47 Å². The number of halogens is 4. The molecule has 36 heavy (non-hydrogen) atoms. The Morgan fingerprint density at radius 1 is 1.14 bits per heavy atom. The number of nitrogens with one attached hydrogen (secondary N) is 1. The van der Waals surface area contributed by atoms with Crippen LogP contribution in [0.25, 0.3) is 0 Å². The van der Waals surface area contributed by atoms with E-state index in [0.717, 1.165) is 25.0 Å². The largest absolute Gasteiger partial charge is 0.489 e. The average Bonchev–Trinajstić information content (AvgIpc) is 3.32. The van der Waals surface area contributed by atoms with Gasteiger partial charge in [-0.25, -0.2) is 0 Å². The SMILES string of the molecule is Cl.O=C(O)C1CCC(CNC(=O)C2(N3CC[C@@H](Oc4cccc(C(F)(F)F)c4)C3)CCOCC2)CC1. The molecule has 7 nitrogen and oxygen atoms in total. The van der Waals surface area contributed by atoms with Gasteiger partial charge in [0.25, 0.3) is 0 Å². The number of carboxylic acids is 1. The summed E-state index contributed by atoms with van der Waals surface area (Å²) in [6.07, 6.45) is -0.207. The van der Waals surface area contributed by atoms with Crippen LogP contribution in [0.15, 0.2) is 24.3 Å². The number of likely N-dealkylation sites (tertiary alicyclic amines) is 1. The summed E-state index contributed by atoms with van der Waals surface area (Å²) in [6, 6.07) is 4.89. The zero-order chi connectivity index (χ0) is 25.1. The zero-order valence-corrected chi connectivity index (χ0v) is 20.9. The van der Waals surface area contributed by atoms with Gasteiger partial charge in [-0.15, -0.1) is 12.4 Å². The molecule has 0 bridgehead atoms. The second-order valence-electron chi connectivity index (χ2n) is 9.91. The Balaban J connectivity index is 0.00000361. The summed E-state index contributed by atoms with van der Waals surface area (Å²) in [4.78, 5) is 26.8. The molecule has 3 aliphatic rings. The summed E-state index contributed by atoms with van der Waals surface area (Å²) in [5.74, 6) is -0.649. The Hall–Kier alpha value is -2.04. The fourth-order valence-electron chi connectivity index (χ4n) is 5.56. The van der Waals surface area contributed by atoms with E-state index in [0.29, 0.717) is 65.0 Å². The summed E-state index contributed by atoms with van der Waals surface area (Å²) in [5, 5.41) is 12.3. The third-order valence-electron chi connectivity index (χ3n) is 7.70. The quantitative estimate of drug-likeness (QED) is 0.547. The first-order valence-corrected chi connectivity index (χ1v) is 12.4. The van der Waals surface area contributed by atoms with Crippen molar-refractivity contribution in [1.29, 1.82) is 0 Å². The number of carbonyl (C=O) groups is 2. The smallest absolute Gasteiger partial charge is 0.416 e. The van der Waals surface area contributed by atoms with Crippen molar-refractivity contribution in [1.82, 2.24) is 10.2 Å². The van der Waals surface area contributed by atoms with E-state index >= 15 is 0 Å². The number of nitrogens with zero attached hydrogens (tertiary/aromatic N) is 1. The van der Waals surface area contributed by atoms with Crippen molar-refractivity contribution in [3.05, 3.63) is 29.8 Å². The van der Waals surface area contributed by atoms with Crippen molar-refractivity contribution < 1.29 is 37.3 Å². The summed E-state index contributed by atoms with van der Waals surface area (Å²) >= 11 is 0. The maximum absolute atomic E-state index is 13.5. The highest BCUT2D eigenvalue weighted by atomic mass is 35.5. The van der Waals surface area contributed by atoms with Gasteiger partial charge in [-0.3, -0.25) is 14.5 Å². The molecule has 2 saturated heterocycles. The van der Waals surface area contributed by atoms with E-state index in [2.05, 4.69) is 10.2 Å². The molecule has 1 aromatic rings. The minimum atomic E-state index is -4.43. The topological polar surface area (TPSA) is 88.1 Å². The van der Waals surface area contributed by atoms with Crippen molar-refractivity contribution in [2.24, 2.45) is 11.8 Å². The Bertz CT molecular complexity index is 902. The first kappa shape index (κ1) is 28.5. The van der Waals surface area contributed by atoms with Crippen LogP contribution in [0.1, 0.15) is 50.5 Å². The Kier molecular flexibility index (Phi) is 9.51. The minimum absolute atomic E-state index is 0. The van der Waals surface area contributed by atoms with Crippen molar-refractivity contribution in [2.75, 3.05) is 32.8 Å². The molecule has 1 amide bonds. The Morgan fingerprint density at radius 3 is 2.47 bits per heavy atom. The van der Waals surface area contributed by atoms with Gasteiger partial charge in [0, 0.05) is 32.8 Å². The molecular formula is C25H34ClF3N2O5. The lowest BCUT2D eigenvalue weighted by molar-refractivity contribution is -0.143. The molecule has 2 heterocycles. The molecule has 11 heteroatoms. The molecule has 202 valence electrons. The number of aliphatic carboxylic acids is 1. The highest BCUT2D eigenvalue weighted by Crippen LogP contribution is 2.35. The van der Waals surface area contributed by atoms with Crippen molar-refractivity contribution in [3.63, 3.8) is 0 Å². The van der Waals surface area contributed by atoms with Crippen LogP contribution in [0.5, 0.6) is 5.75 Å². The Labute approximate surface area is 215 Å². The second kappa shape index (κ2) is 12.0. The van der Waals surface area contributed by atoms with Gasteiger partial charge in [0.1, 0.15) is 17.4 Å². The first-order valence-electron chi connectivity index (χ1n) is 12.4. The molecular weight excluding hydrogens is 501 g/mol. The number of carbonyl (C=O) groups excluding carboxylic acids is 1. The fourth-order valence-corrected chi connectivity index (χ4v) is 5.56. The lowest BCUT2D eigenvalue weighted by Gasteiger charge is -2.43. The van der Waals surface area contributed by atoms with Crippen LogP contribution in [0.4, 0.5) is 13.2 Å². The molecule has 2 aliphatic heterocycles. The lowest BCUT2D eigenvalue weighted by Crippen LogP contribution is -2.61. The van der Waals surface area contributed by atoms with E-state index in [9.17, 15) is 27.9 Å². The molecule has 1 saturated carbocycles. The monoisotopic (exact) mass is 534 g/mol. The normalized spacial score (nSPS) is 26.6. The number of benzene rings is 1. The Morgan fingerprint density at radius 2 is 1.83 bits per heavy atom. The van der Waals surface area contributed by atoms with Gasteiger partial charge >= 0.3 is 12.1 Å². The number of ether oxygens (including phenoxy) is 2.